The maximum absolute atomic E-state index is 13.0. The Hall–Kier alpha value is -2.48. The molecule has 0 spiro atoms. The molecule has 1 heterocycles. The fourth-order valence-corrected chi connectivity index (χ4v) is 5.51. The minimum absolute atomic E-state index is 0.127. The number of rotatable bonds is 6. The summed E-state index contributed by atoms with van der Waals surface area (Å²) >= 11 is 6.31. The molecule has 33 heavy (non-hydrogen) atoms. The highest BCUT2D eigenvalue weighted by Gasteiger charge is 2.30. The van der Waals surface area contributed by atoms with Gasteiger partial charge in [0.2, 0.25) is 5.96 Å². The van der Waals surface area contributed by atoms with Gasteiger partial charge in [-0.05, 0) is 57.5 Å². The van der Waals surface area contributed by atoms with Gasteiger partial charge in [0.05, 0.1) is 40.2 Å². The molecule has 1 aliphatic rings. The van der Waals surface area contributed by atoms with E-state index >= 15 is 0 Å². The molecule has 0 amide bonds. The van der Waals surface area contributed by atoms with E-state index < -0.39 is 22.2 Å². The monoisotopic (exact) mass is 510 g/mol. The molecule has 178 valence electrons. The Balaban J connectivity index is 2.11. The minimum atomic E-state index is -3.59. The van der Waals surface area contributed by atoms with Crippen molar-refractivity contribution in [3.63, 3.8) is 0 Å². The zero-order valence-corrected chi connectivity index (χ0v) is 21.6. The third-order valence-electron chi connectivity index (χ3n) is 5.19. The van der Waals surface area contributed by atoms with Gasteiger partial charge in [-0.15, -0.1) is 0 Å². The molecule has 0 bridgehead atoms. The van der Waals surface area contributed by atoms with Crippen LogP contribution in [-0.4, -0.2) is 46.6 Å². The number of nitrogens with zero attached hydrogens (tertiary/aromatic N) is 2. The van der Waals surface area contributed by atoms with Crippen LogP contribution in [0, 0.1) is 0 Å². The minimum Gasteiger partial charge on any atom is -0.495 e. The van der Waals surface area contributed by atoms with Gasteiger partial charge in [0.1, 0.15) is 18.7 Å². The van der Waals surface area contributed by atoms with Crippen LogP contribution >= 0.6 is 18.7 Å². The first-order valence-electron chi connectivity index (χ1n) is 10.2. The molecule has 2 aromatic rings. The van der Waals surface area contributed by atoms with Gasteiger partial charge in [0.15, 0.2) is 9.84 Å². The SMILES string of the molecule is COc1cc(P(C)(C)=O)ccc1NC1=NC(N)=C(Cl)CN1c1ccccc1S(=O)(=O)C(C)C. The second-order valence-electron chi connectivity index (χ2n) is 8.23. The normalized spacial score (nSPS) is 15.0. The Morgan fingerprint density at radius 3 is 2.48 bits per heavy atom. The topological polar surface area (TPSA) is 114 Å². The molecule has 3 N–H and O–H groups in total. The molecule has 11 heteroatoms. The average Bonchev–Trinajstić information content (AvgIpc) is 2.75. The molecular weight excluding hydrogens is 483 g/mol. The van der Waals surface area contributed by atoms with E-state index in [2.05, 4.69) is 10.3 Å². The van der Waals surface area contributed by atoms with Gasteiger partial charge in [-0.1, -0.05) is 23.7 Å². The van der Waals surface area contributed by atoms with E-state index in [9.17, 15) is 13.0 Å². The van der Waals surface area contributed by atoms with Crippen LogP contribution in [0.3, 0.4) is 0 Å². The molecule has 2 aromatic carbocycles. The number of nitrogens with one attached hydrogen (secondary N) is 1. The summed E-state index contributed by atoms with van der Waals surface area (Å²) in [5.41, 5.74) is 6.96. The molecule has 0 unspecified atom stereocenters. The lowest BCUT2D eigenvalue weighted by atomic mass is 10.2. The van der Waals surface area contributed by atoms with E-state index in [1.807, 2.05) is 0 Å². The fourth-order valence-electron chi connectivity index (χ4n) is 3.24. The van der Waals surface area contributed by atoms with Crippen LogP contribution in [0.25, 0.3) is 0 Å². The quantitative estimate of drug-likeness (QED) is 0.568. The van der Waals surface area contributed by atoms with Crippen molar-refractivity contribution < 1.29 is 17.7 Å². The Kier molecular flexibility index (Phi) is 7.17. The van der Waals surface area contributed by atoms with Crippen LogP contribution in [0.5, 0.6) is 5.75 Å². The number of ether oxygens (including phenoxy) is 1. The van der Waals surface area contributed by atoms with E-state index in [0.29, 0.717) is 22.4 Å². The number of anilines is 2. The lowest BCUT2D eigenvalue weighted by Gasteiger charge is -2.31. The van der Waals surface area contributed by atoms with Crippen LogP contribution in [-0.2, 0) is 14.4 Å². The van der Waals surface area contributed by atoms with Crippen molar-refractivity contribution >= 4 is 51.2 Å². The Morgan fingerprint density at radius 2 is 1.88 bits per heavy atom. The Bertz CT molecular complexity index is 1290. The zero-order chi connectivity index (χ0) is 24.6. The third kappa shape index (κ3) is 5.21. The zero-order valence-electron chi connectivity index (χ0n) is 19.2. The second kappa shape index (κ2) is 9.41. The number of hydrogen-bond acceptors (Lipinski definition) is 8. The van der Waals surface area contributed by atoms with E-state index in [1.54, 1.807) is 74.5 Å². The van der Waals surface area contributed by atoms with Crippen LogP contribution in [0.4, 0.5) is 11.4 Å². The number of methoxy groups -OCH3 is 1. The van der Waals surface area contributed by atoms with Crippen molar-refractivity contribution in [2.24, 2.45) is 10.7 Å². The van der Waals surface area contributed by atoms with Gasteiger partial charge in [-0.25, -0.2) is 8.42 Å². The Morgan fingerprint density at radius 1 is 1.21 bits per heavy atom. The maximum atomic E-state index is 13.0. The summed E-state index contributed by atoms with van der Waals surface area (Å²) in [7, 11) is -4.57. The van der Waals surface area contributed by atoms with Crippen molar-refractivity contribution in [1.82, 2.24) is 0 Å². The number of hydrogen-bond donors (Lipinski definition) is 2. The van der Waals surface area contributed by atoms with Gasteiger partial charge in [0.25, 0.3) is 0 Å². The van der Waals surface area contributed by atoms with Crippen LogP contribution < -0.4 is 26.0 Å². The van der Waals surface area contributed by atoms with E-state index in [-0.39, 0.29) is 28.3 Å². The predicted molar refractivity (Wildman–Crippen MR) is 136 cm³/mol. The summed E-state index contributed by atoms with van der Waals surface area (Å²) in [6, 6.07) is 11.9. The van der Waals surface area contributed by atoms with Crippen LogP contribution in [0.15, 0.2) is 63.2 Å². The molecule has 3 rings (SSSR count). The van der Waals surface area contributed by atoms with E-state index in [1.165, 1.54) is 7.11 Å². The molecule has 8 nitrogen and oxygen atoms in total. The second-order valence-corrected chi connectivity index (χ2v) is 14.4. The lowest BCUT2D eigenvalue weighted by molar-refractivity contribution is 0.417. The summed E-state index contributed by atoms with van der Waals surface area (Å²) in [4.78, 5) is 6.21. The van der Waals surface area contributed by atoms with Gasteiger partial charge in [-0.2, -0.15) is 4.99 Å². The molecular formula is C22H28ClN4O4PS. The fraction of sp³-hybridized carbons (Fsp3) is 0.318. The number of benzene rings is 2. The summed E-state index contributed by atoms with van der Waals surface area (Å²) in [5.74, 6) is 0.869. The molecule has 0 saturated heterocycles. The number of aliphatic imine (C=N–C) groups is 1. The highest BCUT2D eigenvalue weighted by Crippen LogP contribution is 2.38. The standard InChI is InChI=1S/C22H28ClN4O4PS/c1-14(2)33(29,30)20-9-7-6-8-18(20)27-13-16(23)21(24)26-22(27)25-17-11-10-15(32(4,5)28)12-19(17)31-3/h6-12,14H,13,24H2,1-5H3,(H,25,26). The van der Waals surface area contributed by atoms with Crippen molar-refractivity contribution in [3.8, 4) is 5.75 Å². The molecule has 0 aromatic heterocycles. The number of nitrogens with two attached hydrogens (primary N) is 1. The van der Waals surface area contributed by atoms with Crippen molar-refractivity contribution in [2.45, 2.75) is 24.0 Å². The van der Waals surface area contributed by atoms with Gasteiger partial charge >= 0.3 is 0 Å². The summed E-state index contributed by atoms with van der Waals surface area (Å²) in [5, 5.41) is 3.53. The smallest absolute Gasteiger partial charge is 0.210 e. The molecule has 0 aliphatic carbocycles. The highest BCUT2D eigenvalue weighted by molar-refractivity contribution is 7.92. The summed E-state index contributed by atoms with van der Waals surface area (Å²) in [6.45, 7) is 6.76. The lowest BCUT2D eigenvalue weighted by Crippen LogP contribution is -2.41. The van der Waals surface area contributed by atoms with E-state index in [4.69, 9.17) is 22.1 Å². The van der Waals surface area contributed by atoms with Crippen LogP contribution in [0.2, 0.25) is 0 Å². The molecule has 0 fully saturated rings. The average molecular weight is 511 g/mol. The highest BCUT2D eigenvalue weighted by atomic mass is 35.5. The van der Waals surface area contributed by atoms with Crippen LogP contribution in [0.1, 0.15) is 13.8 Å². The van der Waals surface area contributed by atoms with Gasteiger partial charge in [0, 0.05) is 5.30 Å². The molecule has 0 saturated carbocycles. The first kappa shape index (κ1) is 25.1. The number of para-hydroxylation sites is 1. The van der Waals surface area contributed by atoms with Crippen molar-refractivity contribution in [3.05, 3.63) is 53.3 Å². The van der Waals surface area contributed by atoms with Gasteiger partial charge in [-0.3, -0.25) is 0 Å². The number of guanidine groups is 1. The first-order chi connectivity index (χ1) is 15.4. The maximum Gasteiger partial charge on any atom is 0.210 e. The third-order valence-corrected chi connectivity index (χ3v) is 9.23. The summed E-state index contributed by atoms with van der Waals surface area (Å²) in [6.07, 6.45) is 0. The first-order valence-corrected chi connectivity index (χ1v) is 14.7. The largest absolute Gasteiger partial charge is 0.495 e. The van der Waals surface area contributed by atoms with Crippen molar-refractivity contribution in [2.75, 3.05) is 37.2 Å². The molecule has 0 radical (unpaired) electrons. The van der Waals surface area contributed by atoms with Gasteiger partial charge < -0.3 is 25.3 Å². The Labute approximate surface area is 199 Å². The molecule has 0 atom stereocenters. The van der Waals surface area contributed by atoms with E-state index in [0.717, 1.165) is 0 Å². The van der Waals surface area contributed by atoms with Crippen molar-refractivity contribution in [1.29, 1.82) is 0 Å². The number of sulfone groups is 1. The predicted octanol–water partition coefficient (Wildman–Crippen LogP) is 3.78. The summed E-state index contributed by atoms with van der Waals surface area (Å²) < 4.78 is 44.1. The molecule has 1 aliphatic heterocycles. The number of halogens is 1.